The van der Waals surface area contributed by atoms with E-state index in [1.807, 2.05) is 0 Å². The minimum atomic E-state index is -4.09. The number of aromatic nitrogens is 1. The van der Waals surface area contributed by atoms with E-state index in [0.29, 0.717) is 16.1 Å². The van der Waals surface area contributed by atoms with E-state index in [2.05, 4.69) is 9.88 Å². The molecule has 1 N–H and O–H groups in total. The topological polar surface area (TPSA) is 115 Å². The minimum Gasteiger partial charge on any atom is -0.337 e. The molecule has 128 valence electrons. The van der Waals surface area contributed by atoms with Gasteiger partial charge < -0.3 is 4.52 Å². The first-order valence-corrected chi connectivity index (χ1v) is 8.71. The molecule has 0 aliphatic heterocycles. The monoisotopic (exact) mass is 379 g/mol. The van der Waals surface area contributed by atoms with Crippen LogP contribution < -0.4 is 4.72 Å². The Morgan fingerprint density at radius 3 is 2.56 bits per heavy atom. The fraction of sp³-hybridized carbons (Fsp3) is 0. The van der Waals surface area contributed by atoms with Crippen LogP contribution in [0, 0.1) is 10.1 Å². The first-order chi connectivity index (χ1) is 11.9. The Morgan fingerprint density at radius 1 is 1.16 bits per heavy atom. The van der Waals surface area contributed by atoms with Gasteiger partial charge >= 0.3 is 0 Å². The van der Waals surface area contributed by atoms with Crippen molar-refractivity contribution in [3.63, 3.8) is 0 Å². The maximum Gasteiger partial charge on any atom is 0.270 e. The summed E-state index contributed by atoms with van der Waals surface area (Å²) in [7, 11) is -4.09. The molecule has 0 amide bonds. The molecule has 0 aliphatic carbocycles. The highest BCUT2D eigenvalue weighted by Crippen LogP contribution is 2.30. The molecule has 1 aromatic heterocycles. The third-order valence-electron chi connectivity index (χ3n) is 3.29. The zero-order chi connectivity index (χ0) is 18.0. The smallest absolute Gasteiger partial charge is 0.270 e. The molecule has 0 unspecified atom stereocenters. The van der Waals surface area contributed by atoms with Crippen LogP contribution in [0.1, 0.15) is 0 Å². The number of hydrogen-bond donors (Lipinski definition) is 1. The summed E-state index contributed by atoms with van der Waals surface area (Å²) in [6.07, 6.45) is 1.36. The van der Waals surface area contributed by atoms with Gasteiger partial charge in [0.15, 0.2) is 0 Å². The summed E-state index contributed by atoms with van der Waals surface area (Å²) in [6, 6.07) is 11.3. The van der Waals surface area contributed by atoms with E-state index in [0.717, 1.165) is 6.07 Å². The highest BCUT2D eigenvalue weighted by molar-refractivity contribution is 7.92. The molecule has 0 saturated heterocycles. The van der Waals surface area contributed by atoms with Gasteiger partial charge in [0.1, 0.15) is 0 Å². The van der Waals surface area contributed by atoms with Crippen molar-refractivity contribution in [3.05, 3.63) is 69.9 Å². The second-order valence-corrected chi connectivity index (χ2v) is 7.05. The van der Waals surface area contributed by atoms with E-state index in [4.69, 9.17) is 16.1 Å². The molecular formula is C15H10ClN3O5S. The van der Waals surface area contributed by atoms with Crippen LogP contribution in [0.4, 0.5) is 11.6 Å². The third-order valence-corrected chi connectivity index (χ3v) is 4.87. The molecule has 0 saturated carbocycles. The van der Waals surface area contributed by atoms with Crippen molar-refractivity contribution >= 4 is 33.2 Å². The Kier molecular flexibility index (Phi) is 4.43. The van der Waals surface area contributed by atoms with Gasteiger partial charge in [0.25, 0.3) is 15.7 Å². The van der Waals surface area contributed by atoms with Gasteiger partial charge in [-0.1, -0.05) is 35.0 Å². The summed E-state index contributed by atoms with van der Waals surface area (Å²) in [5, 5.41) is 14.9. The number of hydrogen-bond acceptors (Lipinski definition) is 6. The summed E-state index contributed by atoms with van der Waals surface area (Å²) < 4.78 is 32.2. The number of rotatable bonds is 5. The second-order valence-electron chi connectivity index (χ2n) is 4.94. The predicted octanol–water partition coefficient (Wildman–Crippen LogP) is 3.70. The highest BCUT2D eigenvalue weighted by Gasteiger charge is 2.22. The standard InChI is InChI=1S/C15H10ClN3O5S/c16-11-6-4-10(5-7-11)14-9-17-24-15(14)18-25(22,23)13-3-1-2-12(8-13)19(20)21/h1-9,18H. The van der Waals surface area contributed by atoms with Crippen molar-refractivity contribution in [3.8, 4) is 11.1 Å². The van der Waals surface area contributed by atoms with Crippen LogP contribution in [0.15, 0.2) is 64.1 Å². The number of non-ortho nitro benzene ring substituents is 1. The van der Waals surface area contributed by atoms with Gasteiger partial charge in [-0.3, -0.25) is 10.1 Å². The number of nitro groups is 1. The summed E-state index contributed by atoms with van der Waals surface area (Å²) in [6.45, 7) is 0. The molecule has 2 aromatic carbocycles. The SMILES string of the molecule is O=[N+]([O-])c1cccc(S(=O)(=O)Nc2oncc2-c2ccc(Cl)cc2)c1. The van der Waals surface area contributed by atoms with E-state index in [-0.39, 0.29) is 16.5 Å². The van der Waals surface area contributed by atoms with Gasteiger partial charge in [-0.05, 0) is 23.8 Å². The van der Waals surface area contributed by atoms with E-state index in [1.165, 1.54) is 24.4 Å². The van der Waals surface area contributed by atoms with E-state index in [9.17, 15) is 18.5 Å². The Balaban J connectivity index is 1.95. The molecule has 0 bridgehead atoms. The lowest BCUT2D eigenvalue weighted by Crippen LogP contribution is -2.13. The predicted molar refractivity (Wildman–Crippen MR) is 90.9 cm³/mol. The number of nitrogens with one attached hydrogen (secondary N) is 1. The minimum absolute atomic E-state index is 0.103. The van der Waals surface area contributed by atoms with Crippen LogP contribution in [0.5, 0.6) is 0 Å². The van der Waals surface area contributed by atoms with Gasteiger partial charge in [-0.2, -0.15) is 0 Å². The van der Waals surface area contributed by atoms with Gasteiger partial charge in [0.2, 0.25) is 5.88 Å². The number of halogens is 1. The first kappa shape index (κ1) is 16.9. The van der Waals surface area contributed by atoms with E-state index >= 15 is 0 Å². The number of benzene rings is 2. The van der Waals surface area contributed by atoms with Crippen LogP contribution in [-0.2, 0) is 10.0 Å². The van der Waals surface area contributed by atoms with Crippen LogP contribution in [0.2, 0.25) is 5.02 Å². The maximum absolute atomic E-state index is 12.5. The second kappa shape index (κ2) is 6.54. The lowest BCUT2D eigenvalue weighted by Gasteiger charge is -2.07. The molecule has 25 heavy (non-hydrogen) atoms. The number of sulfonamides is 1. The van der Waals surface area contributed by atoms with Crippen LogP contribution in [0.25, 0.3) is 11.1 Å². The van der Waals surface area contributed by atoms with Crippen molar-refractivity contribution in [2.24, 2.45) is 0 Å². The Morgan fingerprint density at radius 2 is 1.88 bits per heavy atom. The van der Waals surface area contributed by atoms with E-state index in [1.54, 1.807) is 24.3 Å². The average molecular weight is 380 g/mol. The van der Waals surface area contributed by atoms with Gasteiger partial charge in [0.05, 0.1) is 21.6 Å². The van der Waals surface area contributed by atoms with Gasteiger partial charge in [-0.25, -0.2) is 13.1 Å². The van der Waals surface area contributed by atoms with Crippen molar-refractivity contribution in [1.82, 2.24) is 5.16 Å². The Hall–Kier alpha value is -2.91. The lowest BCUT2D eigenvalue weighted by atomic mass is 10.1. The van der Waals surface area contributed by atoms with Crippen LogP contribution in [0.3, 0.4) is 0 Å². The van der Waals surface area contributed by atoms with Crippen molar-refractivity contribution in [1.29, 1.82) is 0 Å². The number of nitro benzene ring substituents is 1. The maximum atomic E-state index is 12.5. The Bertz CT molecular complexity index is 1030. The summed E-state index contributed by atoms with van der Waals surface area (Å²) in [5.74, 6) is -0.103. The van der Waals surface area contributed by atoms with Crippen molar-refractivity contribution in [2.75, 3.05) is 4.72 Å². The van der Waals surface area contributed by atoms with E-state index < -0.39 is 14.9 Å². The van der Waals surface area contributed by atoms with Crippen LogP contribution >= 0.6 is 11.6 Å². The normalized spacial score (nSPS) is 11.2. The van der Waals surface area contributed by atoms with Gasteiger partial charge in [-0.15, -0.1) is 0 Å². The largest absolute Gasteiger partial charge is 0.337 e. The quantitative estimate of drug-likeness (QED) is 0.533. The summed E-state index contributed by atoms with van der Waals surface area (Å²) in [5.41, 5.74) is 0.714. The fourth-order valence-electron chi connectivity index (χ4n) is 2.09. The number of nitrogens with zero attached hydrogens (tertiary/aromatic N) is 2. The summed E-state index contributed by atoms with van der Waals surface area (Å²) in [4.78, 5) is 9.88. The summed E-state index contributed by atoms with van der Waals surface area (Å²) >= 11 is 5.83. The van der Waals surface area contributed by atoms with Gasteiger partial charge in [0, 0.05) is 17.2 Å². The molecule has 0 aliphatic rings. The molecule has 10 heteroatoms. The Labute approximate surface area is 147 Å². The molecule has 0 fully saturated rings. The van der Waals surface area contributed by atoms with Crippen molar-refractivity contribution < 1.29 is 17.9 Å². The average Bonchev–Trinajstić information content (AvgIpc) is 3.03. The molecule has 0 radical (unpaired) electrons. The zero-order valence-corrected chi connectivity index (χ0v) is 14.0. The molecule has 3 rings (SSSR count). The lowest BCUT2D eigenvalue weighted by molar-refractivity contribution is -0.385. The third kappa shape index (κ3) is 3.62. The molecule has 0 atom stereocenters. The number of anilines is 1. The molecule has 1 heterocycles. The first-order valence-electron chi connectivity index (χ1n) is 6.85. The van der Waals surface area contributed by atoms with Crippen LogP contribution in [-0.4, -0.2) is 18.5 Å². The molecule has 8 nitrogen and oxygen atoms in total. The molecule has 3 aromatic rings. The molecule has 0 spiro atoms. The highest BCUT2D eigenvalue weighted by atomic mass is 35.5. The zero-order valence-electron chi connectivity index (χ0n) is 12.4. The fourth-order valence-corrected chi connectivity index (χ4v) is 3.26. The van der Waals surface area contributed by atoms with Crippen molar-refractivity contribution in [2.45, 2.75) is 4.90 Å². The molecular weight excluding hydrogens is 370 g/mol.